The summed E-state index contributed by atoms with van der Waals surface area (Å²) in [4.78, 5) is 0. The largest absolute Gasteiger partial charge is 0.312 e. The highest BCUT2D eigenvalue weighted by atomic mass is 15.1. The van der Waals surface area contributed by atoms with Crippen LogP contribution >= 0.6 is 0 Å². The third-order valence-electron chi connectivity index (χ3n) is 3.43. The molecule has 0 aromatic carbocycles. The maximum absolute atomic E-state index is 3.72. The maximum Gasteiger partial charge on any atom is 0.0306 e. The molecule has 0 radical (unpaired) electrons. The van der Waals surface area contributed by atoms with Gasteiger partial charge in [0.2, 0.25) is 0 Å². The van der Waals surface area contributed by atoms with Crippen molar-refractivity contribution in [3.63, 3.8) is 0 Å². The van der Waals surface area contributed by atoms with Crippen LogP contribution in [0.5, 0.6) is 0 Å². The van der Waals surface area contributed by atoms with E-state index in [1.54, 1.807) is 0 Å². The molecule has 2 N–H and O–H groups in total. The van der Waals surface area contributed by atoms with Gasteiger partial charge in [0.15, 0.2) is 0 Å². The Labute approximate surface area is 75.1 Å². The molecule has 1 saturated heterocycles. The first kappa shape index (κ1) is 8.52. The van der Waals surface area contributed by atoms with Gasteiger partial charge in [-0.05, 0) is 32.7 Å². The second kappa shape index (κ2) is 3.35. The van der Waals surface area contributed by atoms with Crippen molar-refractivity contribution in [1.29, 1.82) is 0 Å². The Bertz CT molecular complexity index is 150. The fraction of sp³-hybridized carbons (Fsp3) is 1.00. The monoisotopic (exact) mass is 168 g/mol. The summed E-state index contributed by atoms with van der Waals surface area (Å²) in [6.45, 7) is 4.68. The first-order chi connectivity index (χ1) is 5.81. The van der Waals surface area contributed by atoms with Crippen LogP contribution in [0.4, 0.5) is 0 Å². The topological polar surface area (TPSA) is 24.1 Å². The predicted molar refractivity (Wildman–Crippen MR) is 51.3 cm³/mol. The molecule has 1 aliphatic heterocycles. The highest BCUT2D eigenvalue weighted by Gasteiger charge is 2.34. The number of rotatable bonds is 0. The van der Waals surface area contributed by atoms with Gasteiger partial charge in [0.25, 0.3) is 0 Å². The molecule has 0 amide bonds. The van der Waals surface area contributed by atoms with E-state index in [2.05, 4.69) is 17.6 Å². The molecular weight excluding hydrogens is 148 g/mol. The minimum atomic E-state index is 0.477. The van der Waals surface area contributed by atoms with E-state index in [0.29, 0.717) is 11.6 Å². The summed E-state index contributed by atoms with van der Waals surface area (Å²) >= 11 is 0. The maximum atomic E-state index is 3.72. The predicted octanol–water partition coefficient (Wildman–Crippen LogP) is 1.27. The molecule has 2 heteroatoms. The molecule has 0 bridgehead atoms. The lowest BCUT2D eigenvalue weighted by molar-refractivity contribution is 0.339. The van der Waals surface area contributed by atoms with Crippen LogP contribution in [-0.4, -0.2) is 24.7 Å². The molecule has 2 nitrogen and oxygen atoms in total. The van der Waals surface area contributed by atoms with Gasteiger partial charge in [-0.1, -0.05) is 12.8 Å². The van der Waals surface area contributed by atoms with Gasteiger partial charge < -0.3 is 10.6 Å². The second-order valence-electron chi connectivity index (χ2n) is 4.48. The van der Waals surface area contributed by atoms with Crippen molar-refractivity contribution < 1.29 is 0 Å². The number of hydrogen-bond donors (Lipinski definition) is 2. The molecule has 1 atom stereocenters. The van der Waals surface area contributed by atoms with E-state index >= 15 is 0 Å². The van der Waals surface area contributed by atoms with Crippen LogP contribution in [-0.2, 0) is 0 Å². The highest BCUT2D eigenvalue weighted by Crippen LogP contribution is 2.29. The third kappa shape index (κ3) is 1.64. The first-order valence-corrected chi connectivity index (χ1v) is 5.29. The molecule has 1 heterocycles. The second-order valence-corrected chi connectivity index (χ2v) is 4.48. The Balaban J connectivity index is 1.97. The van der Waals surface area contributed by atoms with E-state index in [9.17, 15) is 0 Å². The number of nitrogens with one attached hydrogen (secondary N) is 2. The standard InChI is InChI=1S/C10H20N2/c1-9-4-7-12-10(8-11-9)5-2-3-6-10/h9,11-12H,2-8H2,1H3. The van der Waals surface area contributed by atoms with E-state index in [0.717, 1.165) is 0 Å². The van der Waals surface area contributed by atoms with Gasteiger partial charge in [-0.2, -0.15) is 0 Å². The van der Waals surface area contributed by atoms with Crippen molar-refractivity contribution in [3.05, 3.63) is 0 Å². The van der Waals surface area contributed by atoms with Crippen LogP contribution in [0.3, 0.4) is 0 Å². The van der Waals surface area contributed by atoms with Gasteiger partial charge in [0.05, 0.1) is 0 Å². The van der Waals surface area contributed by atoms with Crippen LogP contribution in [0.2, 0.25) is 0 Å². The molecule has 1 aliphatic carbocycles. The Kier molecular flexibility index (Phi) is 2.37. The fourth-order valence-corrected chi connectivity index (χ4v) is 2.49. The molecule has 1 unspecified atom stereocenters. The minimum absolute atomic E-state index is 0.477. The van der Waals surface area contributed by atoms with Crippen LogP contribution in [0.25, 0.3) is 0 Å². The van der Waals surface area contributed by atoms with Crippen LogP contribution < -0.4 is 10.6 Å². The van der Waals surface area contributed by atoms with Crippen molar-refractivity contribution in [2.24, 2.45) is 0 Å². The molecule has 1 saturated carbocycles. The smallest absolute Gasteiger partial charge is 0.0306 e. The molecule has 2 aliphatic rings. The molecule has 70 valence electrons. The Morgan fingerprint density at radius 1 is 1.25 bits per heavy atom. The first-order valence-electron chi connectivity index (χ1n) is 5.29. The average molecular weight is 168 g/mol. The summed E-state index contributed by atoms with van der Waals surface area (Å²) in [6, 6.07) is 0.706. The van der Waals surface area contributed by atoms with Crippen molar-refractivity contribution in [2.45, 2.75) is 50.6 Å². The third-order valence-corrected chi connectivity index (χ3v) is 3.43. The van der Waals surface area contributed by atoms with E-state index in [-0.39, 0.29) is 0 Å². The molecule has 12 heavy (non-hydrogen) atoms. The summed E-state index contributed by atoms with van der Waals surface area (Å²) < 4.78 is 0. The minimum Gasteiger partial charge on any atom is -0.312 e. The highest BCUT2D eigenvalue weighted by molar-refractivity contribution is 4.96. The Morgan fingerprint density at radius 3 is 2.75 bits per heavy atom. The van der Waals surface area contributed by atoms with Gasteiger partial charge in [0, 0.05) is 18.1 Å². The molecular formula is C10H20N2. The zero-order chi connectivity index (χ0) is 8.44. The average Bonchev–Trinajstić information content (AvgIpc) is 2.42. The Morgan fingerprint density at radius 2 is 2.00 bits per heavy atom. The van der Waals surface area contributed by atoms with Crippen LogP contribution in [0.15, 0.2) is 0 Å². The lowest BCUT2D eigenvalue weighted by Crippen LogP contribution is -2.48. The van der Waals surface area contributed by atoms with E-state index in [1.165, 1.54) is 45.2 Å². The van der Waals surface area contributed by atoms with Gasteiger partial charge >= 0.3 is 0 Å². The molecule has 2 fully saturated rings. The van der Waals surface area contributed by atoms with Gasteiger partial charge in [-0.3, -0.25) is 0 Å². The lowest BCUT2D eigenvalue weighted by atomic mass is 9.98. The zero-order valence-corrected chi connectivity index (χ0v) is 8.03. The molecule has 1 spiro atoms. The van der Waals surface area contributed by atoms with E-state index in [4.69, 9.17) is 0 Å². The molecule has 0 aromatic rings. The van der Waals surface area contributed by atoms with E-state index < -0.39 is 0 Å². The van der Waals surface area contributed by atoms with Gasteiger partial charge in [-0.25, -0.2) is 0 Å². The SMILES string of the molecule is CC1CCNC2(CCCC2)CN1. The van der Waals surface area contributed by atoms with Crippen molar-refractivity contribution in [3.8, 4) is 0 Å². The summed E-state index contributed by atoms with van der Waals surface area (Å²) in [6.07, 6.45) is 6.88. The molecule has 0 aromatic heterocycles. The van der Waals surface area contributed by atoms with Crippen LogP contribution in [0.1, 0.15) is 39.0 Å². The summed E-state index contributed by atoms with van der Waals surface area (Å²) in [7, 11) is 0. The summed E-state index contributed by atoms with van der Waals surface area (Å²) in [5, 5.41) is 7.34. The molecule has 2 rings (SSSR count). The van der Waals surface area contributed by atoms with Crippen LogP contribution in [0, 0.1) is 0 Å². The zero-order valence-electron chi connectivity index (χ0n) is 8.03. The number of hydrogen-bond acceptors (Lipinski definition) is 2. The quantitative estimate of drug-likeness (QED) is 0.569. The van der Waals surface area contributed by atoms with Crippen molar-refractivity contribution in [1.82, 2.24) is 10.6 Å². The fourth-order valence-electron chi connectivity index (χ4n) is 2.49. The van der Waals surface area contributed by atoms with Crippen molar-refractivity contribution >= 4 is 0 Å². The lowest BCUT2D eigenvalue weighted by Gasteiger charge is -2.28. The summed E-state index contributed by atoms with van der Waals surface area (Å²) in [5.41, 5.74) is 0.477. The summed E-state index contributed by atoms with van der Waals surface area (Å²) in [5.74, 6) is 0. The Hall–Kier alpha value is -0.0800. The normalized spacial score (nSPS) is 35.2. The van der Waals surface area contributed by atoms with Crippen molar-refractivity contribution in [2.75, 3.05) is 13.1 Å². The van der Waals surface area contributed by atoms with Gasteiger partial charge in [0.1, 0.15) is 0 Å². The van der Waals surface area contributed by atoms with E-state index in [1.807, 2.05) is 0 Å². The van der Waals surface area contributed by atoms with Gasteiger partial charge in [-0.15, -0.1) is 0 Å².